The molecule has 0 unspecified atom stereocenters. The molecule has 2 aromatic rings. The first-order chi connectivity index (χ1) is 17.1. The minimum Gasteiger partial charge on any atom is -0.461 e. The van der Waals surface area contributed by atoms with Crippen LogP contribution in [0.25, 0.3) is 0 Å². The molecule has 36 heavy (non-hydrogen) atoms. The molecule has 2 aliphatic heterocycles. The van der Waals surface area contributed by atoms with Crippen LogP contribution in [-0.2, 0) is 36.9 Å². The van der Waals surface area contributed by atoms with Gasteiger partial charge in [-0.15, -0.1) is 11.8 Å². The number of carbonyl (C=O) groups excluding carboxylic acids is 4. The van der Waals surface area contributed by atoms with Crippen LogP contribution in [0.4, 0.5) is 0 Å². The fraction of sp³-hybridized carbons (Fsp3) is 0.407. The number of rotatable bonds is 8. The fourth-order valence-electron chi connectivity index (χ4n) is 4.32. The van der Waals surface area contributed by atoms with E-state index in [-0.39, 0.29) is 42.1 Å². The third kappa shape index (κ3) is 5.41. The van der Waals surface area contributed by atoms with E-state index in [4.69, 9.17) is 9.47 Å². The van der Waals surface area contributed by atoms with Gasteiger partial charge in [-0.05, 0) is 37.1 Å². The molecule has 2 heterocycles. The standard InChI is InChI=1S/C27H30N2O6S/c1-16(2)25(32)34-15-18-11-8-12-19(13-18)35-26(33)22-27(3,4)36-24-21(23(31)29(22)24)28-20(30)14-17-9-6-5-7-10-17/h5-13,16,21-22,24H,14-15H2,1-4H3,(H,28,30)/t21-,22+,24+/m0/s1. The number of amides is 2. The van der Waals surface area contributed by atoms with Crippen LogP contribution in [0.1, 0.15) is 38.8 Å². The predicted molar refractivity (Wildman–Crippen MR) is 135 cm³/mol. The van der Waals surface area contributed by atoms with Crippen molar-refractivity contribution in [1.29, 1.82) is 0 Å². The van der Waals surface area contributed by atoms with E-state index >= 15 is 0 Å². The topological polar surface area (TPSA) is 102 Å². The largest absolute Gasteiger partial charge is 0.461 e. The fourth-order valence-corrected chi connectivity index (χ4v) is 5.94. The van der Waals surface area contributed by atoms with Crippen LogP contribution in [0.15, 0.2) is 54.6 Å². The lowest BCUT2D eigenvalue weighted by atomic mass is 9.95. The lowest BCUT2D eigenvalue weighted by Gasteiger charge is -2.43. The first-order valence-corrected chi connectivity index (χ1v) is 12.8. The Morgan fingerprint density at radius 2 is 1.75 bits per heavy atom. The number of thioether (sulfide) groups is 1. The molecule has 0 saturated carbocycles. The minimum atomic E-state index is -0.801. The zero-order valence-corrected chi connectivity index (χ0v) is 21.5. The zero-order chi connectivity index (χ0) is 26.0. The van der Waals surface area contributed by atoms with Gasteiger partial charge in [0, 0.05) is 4.75 Å². The van der Waals surface area contributed by atoms with Gasteiger partial charge in [-0.2, -0.15) is 0 Å². The van der Waals surface area contributed by atoms with Gasteiger partial charge in [0.1, 0.15) is 29.8 Å². The summed E-state index contributed by atoms with van der Waals surface area (Å²) in [5.74, 6) is -1.32. The number of carbonyl (C=O) groups is 4. The van der Waals surface area contributed by atoms with Crippen molar-refractivity contribution in [3.05, 3.63) is 65.7 Å². The third-order valence-electron chi connectivity index (χ3n) is 6.16. The maximum Gasteiger partial charge on any atom is 0.335 e. The highest BCUT2D eigenvalue weighted by Crippen LogP contribution is 2.51. The maximum atomic E-state index is 13.2. The van der Waals surface area contributed by atoms with Crippen molar-refractivity contribution in [3.63, 3.8) is 0 Å². The Bertz CT molecular complexity index is 1170. The van der Waals surface area contributed by atoms with Crippen molar-refractivity contribution < 1.29 is 28.7 Å². The van der Waals surface area contributed by atoms with E-state index in [9.17, 15) is 19.2 Å². The summed E-state index contributed by atoms with van der Waals surface area (Å²) in [6.45, 7) is 7.36. The number of ether oxygens (including phenoxy) is 2. The minimum absolute atomic E-state index is 0.0736. The number of benzene rings is 2. The Morgan fingerprint density at radius 1 is 1.06 bits per heavy atom. The molecule has 8 nitrogen and oxygen atoms in total. The average molecular weight is 511 g/mol. The normalized spacial score (nSPS) is 22.0. The molecule has 2 amide bonds. The second kappa shape index (κ2) is 10.3. The smallest absolute Gasteiger partial charge is 0.335 e. The summed E-state index contributed by atoms with van der Waals surface area (Å²) < 4.78 is 10.3. The van der Waals surface area contributed by atoms with Crippen LogP contribution in [0.2, 0.25) is 0 Å². The zero-order valence-electron chi connectivity index (χ0n) is 20.7. The van der Waals surface area contributed by atoms with Gasteiger partial charge in [-0.25, -0.2) is 4.79 Å². The van der Waals surface area contributed by atoms with E-state index in [2.05, 4.69) is 5.32 Å². The van der Waals surface area contributed by atoms with Gasteiger partial charge >= 0.3 is 11.9 Å². The number of hydrogen-bond donors (Lipinski definition) is 1. The molecule has 4 rings (SSSR count). The highest BCUT2D eigenvalue weighted by molar-refractivity contribution is 8.01. The van der Waals surface area contributed by atoms with Crippen molar-refractivity contribution in [2.75, 3.05) is 0 Å². The molecule has 0 aliphatic carbocycles. The SMILES string of the molecule is CC(C)C(=O)OCc1cccc(OC(=O)[C@H]2N3C(=O)[C@H](NC(=O)Cc4ccccc4)[C@H]3SC2(C)C)c1. The number of hydrogen-bond acceptors (Lipinski definition) is 7. The molecule has 2 fully saturated rings. The van der Waals surface area contributed by atoms with Gasteiger partial charge in [0.2, 0.25) is 11.8 Å². The van der Waals surface area contributed by atoms with E-state index in [0.29, 0.717) is 11.3 Å². The summed E-state index contributed by atoms with van der Waals surface area (Å²) in [5, 5.41) is 2.49. The van der Waals surface area contributed by atoms with E-state index in [1.165, 1.54) is 16.7 Å². The van der Waals surface area contributed by atoms with Crippen LogP contribution in [0.5, 0.6) is 5.75 Å². The summed E-state index contributed by atoms with van der Waals surface area (Å²) in [5.41, 5.74) is 1.55. The maximum absolute atomic E-state index is 13.2. The van der Waals surface area contributed by atoms with Crippen molar-refractivity contribution in [2.45, 2.75) is 62.9 Å². The van der Waals surface area contributed by atoms with E-state index in [1.807, 2.05) is 44.2 Å². The quantitative estimate of drug-likeness (QED) is 0.331. The monoisotopic (exact) mass is 510 g/mol. The van der Waals surface area contributed by atoms with Crippen LogP contribution in [0, 0.1) is 5.92 Å². The molecule has 2 aromatic carbocycles. The lowest BCUT2D eigenvalue weighted by Crippen LogP contribution is -2.71. The number of esters is 2. The van der Waals surface area contributed by atoms with Gasteiger partial charge in [-0.3, -0.25) is 14.4 Å². The van der Waals surface area contributed by atoms with Gasteiger partial charge in [0.25, 0.3) is 0 Å². The molecule has 1 N–H and O–H groups in total. The summed E-state index contributed by atoms with van der Waals surface area (Å²) >= 11 is 1.47. The van der Waals surface area contributed by atoms with Crippen LogP contribution >= 0.6 is 11.8 Å². The molecule has 9 heteroatoms. The first kappa shape index (κ1) is 25.8. The second-order valence-corrected chi connectivity index (χ2v) is 11.6. The van der Waals surface area contributed by atoms with Gasteiger partial charge in [-0.1, -0.05) is 56.3 Å². The summed E-state index contributed by atoms with van der Waals surface area (Å²) in [4.78, 5) is 52.0. The van der Waals surface area contributed by atoms with Gasteiger partial charge in [0.15, 0.2) is 0 Å². The molecule has 0 spiro atoms. The summed E-state index contributed by atoms with van der Waals surface area (Å²) in [7, 11) is 0. The Morgan fingerprint density at radius 3 is 2.44 bits per heavy atom. The van der Waals surface area contributed by atoms with Gasteiger partial charge in [0.05, 0.1) is 12.3 Å². The number of nitrogens with one attached hydrogen (secondary N) is 1. The van der Waals surface area contributed by atoms with Crippen LogP contribution < -0.4 is 10.1 Å². The number of β-lactam (4-membered cyclic amide) rings is 1. The Labute approximate surface area is 214 Å². The molecule has 3 atom stereocenters. The Balaban J connectivity index is 1.39. The summed E-state index contributed by atoms with van der Waals surface area (Å²) in [6.07, 6.45) is 0.180. The summed E-state index contributed by atoms with van der Waals surface area (Å²) in [6, 6.07) is 14.6. The lowest BCUT2D eigenvalue weighted by molar-refractivity contribution is -0.159. The first-order valence-electron chi connectivity index (χ1n) is 11.9. The predicted octanol–water partition coefficient (Wildman–Crippen LogP) is 3.08. The Kier molecular flexibility index (Phi) is 7.40. The average Bonchev–Trinajstić information content (AvgIpc) is 3.09. The van der Waals surface area contributed by atoms with Gasteiger partial charge < -0.3 is 19.7 Å². The highest BCUT2D eigenvalue weighted by Gasteiger charge is 2.64. The molecule has 0 radical (unpaired) electrons. The van der Waals surface area contributed by atoms with Crippen LogP contribution in [-0.4, -0.2) is 50.9 Å². The molecule has 0 aromatic heterocycles. The molecular weight excluding hydrogens is 480 g/mol. The van der Waals surface area contributed by atoms with Crippen molar-refractivity contribution in [2.24, 2.45) is 5.92 Å². The van der Waals surface area contributed by atoms with E-state index < -0.39 is 22.8 Å². The molecule has 190 valence electrons. The third-order valence-corrected chi connectivity index (χ3v) is 7.73. The van der Waals surface area contributed by atoms with Crippen molar-refractivity contribution >= 4 is 35.5 Å². The van der Waals surface area contributed by atoms with E-state index in [1.54, 1.807) is 38.1 Å². The molecule has 2 aliphatic rings. The molecule has 0 bridgehead atoms. The second-order valence-electron chi connectivity index (χ2n) is 9.80. The molecule has 2 saturated heterocycles. The number of fused-ring (bicyclic) bond motifs is 1. The molecular formula is C27H30N2O6S. The van der Waals surface area contributed by atoms with Crippen molar-refractivity contribution in [1.82, 2.24) is 10.2 Å². The number of nitrogens with zero attached hydrogens (tertiary/aromatic N) is 1. The Hall–Kier alpha value is -3.33. The van der Waals surface area contributed by atoms with Crippen molar-refractivity contribution in [3.8, 4) is 5.75 Å². The van der Waals surface area contributed by atoms with Crippen LogP contribution in [0.3, 0.4) is 0 Å². The highest BCUT2D eigenvalue weighted by atomic mass is 32.2. The van der Waals surface area contributed by atoms with E-state index in [0.717, 1.165) is 5.56 Å².